The molecule has 0 aliphatic heterocycles. The molecule has 0 bridgehead atoms. The Morgan fingerprint density at radius 3 is 2.05 bits per heavy atom. The molecule has 3 aromatic carbocycles. The third kappa shape index (κ3) is 6.94. The average molecular weight is 553 g/mol. The van der Waals surface area contributed by atoms with E-state index < -0.39 is 23.3 Å². The van der Waals surface area contributed by atoms with Crippen LogP contribution in [0, 0.1) is 5.41 Å². The first-order valence-corrected chi connectivity index (χ1v) is 13.9. The number of esters is 1. The molecule has 0 aliphatic rings. The number of methoxy groups -OCH3 is 1. The van der Waals surface area contributed by atoms with Crippen molar-refractivity contribution in [3.63, 3.8) is 0 Å². The Kier molecular flexibility index (Phi) is 8.52. The molecule has 0 saturated carbocycles. The molecular formula is C35H40N2O4. The van der Waals surface area contributed by atoms with Gasteiger partial charge in [-0.3, -0.25) is 4.79 Å². The van der Waals surface area contributed by atoms with Gasteiger partial charge in [-0.15, -0.1) is 0 Å². The van der Waals surface area contributed by atoms with E-state index in [1.807, 2.05) is 69.3 Å². The summed E-state index contributed by atoms with van der Waals surface area (Å²) in [6, 6.07) is 24.9. The quantitative estimate of drug-likeness (QED) is 0.237. The van der Waals surface area contributed by atoms with Crippen molar-refractivity contribution in [1.82, 2.24) is 10.3 Å². The average Bonchev–Trinajstić information content (AvgIpc) is 2.94. The highest BCUT2D eigenvalue weighted by molar-refractivity contribution is 5.99. The molecule has 4 rings (SSSR count). The van der Waals surface area contributed by atoms with Gasteiger partial charge in [-0.05, 0) is 57.7 Å². The van der Waals surface area contributed by atoms with Gasteiger partial charge in [-0.25, -0.2) is 9.78 Å². The highest BCUT2D eigenvalue weighted by Crippen LogP contribution is 2.34. The van der Waals surface area contributed by atoms with E-state index in [2.05, 4.69) is 57.3 Å². The van der Waals surface area contributed by atoms with E-state index in [0.29, 0.717) is 5.75 Å². The Bertz CT molecular complexity index is 1530. The number of benzene rings is 3. The second kappa shape index (κ2) is 11.7. The highest BCUT2D eigenvalue weighted by atomic mass is 16.5. The van der Waals surface area contributed by atoms with Crippen LogP contribution in [0.15, 0.2) is 78.9 Å². The van der Waals surface area contributed by atoms with Crippen molar-refractivity contribution in [1.29, 1.82) is 0 Å². The van der Waals surface area contributed by atoms with Crippen LogP contribution in [0.3, 0.4) is 0 Å². The van der Waals surface area contributed by atoms with Crippen molar-refractivity contribution in [3.8, 4) is 11.5 Å². The third-order valence-corrected chi connectivity index (χ3v) is 7.31. The first kappa shape index (κ1) is 29.8. The summed E-state index contributed by atoms with van der Waals surface area (Å²) in [6.07, 6.45) is 0. The molecule has 0 spiro atoms. The number of nitrogens with one attached hydrogen (secondary N) is 1. The normalized spacial score (nSPS) is 13.4. The molecule has 4 aromatic rings. The van der Waals surface area contributed by atoms with E-state index in [1.54, 1.807) is 6.07 Å². The number of hydrogen-bond acceptors (Lipinski definition) is 5. The molecule has 0 aliphatic carbocycles. The zero-order valence-electron chi connectivity index (χ0n) is 25.2. The number of aromatic nitrogens is 1. The minimum atomic E-state index is -0.826. The number of amides is 1. The van der Waals surface area contributed by atoms with Gasteiger partial charge in [0.15, 0.2) is 0 Å². The largest absolute Gasteiger partial charge is 0.467 e. The minimum Gasteiger partial charge on any atom is -0.467 e. The van der Waals surface area contributed by atoms with Crippen LogP contribution in [0.2, 0.25) is 0 Å². The standard InChI is InChI=1S/C35H40N2O4/c1-22(23-12-10-9-11-13-23)30-28-21-27(41-26-18-15-25(16-19-26)34(2,3)4)17-14-24(28)20-29(36-30)32(38)37-31(33(39)40-8)35(5,6)7/h9-22,31H,1-8H3,(H,37,38)/t22?,31-/m1/s1. The van der Waals surface area contributed by atoms with Gasteiger partial charge in [0.25, 0.3) is 5.91 Å². The van der Waals surface area contributed by atoms with Crippen LogP contribution < -0.4 is 10.1 Å². The van der Waals surface area contributed by atoms with Gasteiger partial charge in [-0.1, -0.05) is 97.0 Å². The lowest BCUT2D eigenvalue weighted by Crippen LogP contribution is -2.49. The van der Waals surface area contributed by atoms with E-state index >= 15 is 0 Å². The first-order chi connectivity index (χ1) is 19.3. The van der Waals surface area contributed by atoms with Gasteiger partial charge < -0.3 is 14.8 Å². The zero-order valence-corrected chi connectivity index (χ0v) is 25.2. The molecule has 0 saturated heterocycles. The second-order valence-corrected chi connectivity index (χ2v) is 12.6. The molecule has 6 heteroatoms. The van der Waals surface area contributed by atoms with Gasteiger partial charge in [0.2, 0.25) is 0 Å². The van der Waals surface area contributed by atoms with Gasteiger partial charge in [0.1, 0.15) is 23.2 Å². The number of hydrogen-bond donors (Lipinski definition) is 1. The van der Waals surface area contributed by atoms with E-state index in [-0.39, 0.29) is 17.0 Å². The summed E-state index contributed by atoms with van der Waals surface area (Å²) in [5.41, 5.74) is 2.81. The molecule has 1 aromatic heterocycles. The van der Waals surface area contributed by atoms with Crippen molar-refractivity contribution in [2.45, 2.75) is 65.8 Å². The number of rotatable bonds is 7. The molecule has 41 heavy (non-hydrogen) atoms. The fourth-order valence-corrected chi connectivity index (χ4v) is 4.77. The lowest BCUT2D eigenvalue weighted by Gasteiger charge is -2.29. The first-order valence-electron chi connectivity index (χ1n) is 13.9. The molecule has 0 radical (unpaired) electrons. The molecule has 6 nitrogen and oxygen atoms in total. The predicted octanol–water partition coefficient (Wildman–Crippen LogP) is 7.79. The maximum atomic E-state index is 13.5. The number of pyridine rings is 1. The van der Waals surface area contributed by atoms with Gasteiger partial charge in [0.05, 0.1) is 12.8 Å². The number of carbonyl (C=O) groups is 2. The molecule has 1 unspecified atom stereocenters. The van der Waals surface area contributed by atoms with Gasteiger partial charge in [0, 0.05) is 11.3 Å². The van der Waals surface area contributed by atoms with Crippen LogP contribution in [-0.4, -0.2) is 30.0 Å². The van der Waals surface area contributed by atoms with Crippen molar-refractivity contribution < 1.29 is 19.1 Å². The van der Waals surface area contributed by atoms with Crippen LogP contribution >= 0.6 is 0 Å². The number of carbonyl (C=O) groups excluding carboxylic acids is 2. The van der Waals surface area contributed by atoms with Crippen molar-refractivity contribution in [3.05, 3.63) is 101 Å². The highest BCUT2D eigenvalue weighted by Gasteiger charge is 2.34. The van der Waals surface area contributed by atoms with E-state index in [9.17, 15) is 9.59 Å². The summed E-state index contributed by atoms with van der Waals surface area (Å²) in [5, 5.41) is 4.59. The van der Waals surface area contributed by atoms with Crippen LogP contribution in [0.5, 0.6) is 11.5 Å². The Balaban J connectivity index is 1.75. The van der Waals surface area contributed by atoms with Gasteiger partial charge in [-0.2, -0.15) is 0 Å². The SMILES string of the molecule is COC(=O)[C@@H](NC(=O)c1cc2ccc(Oc3ccc(C(C)(C)C)cc3)cc2c(C(C)c2ccccc2)n1)C(C)(C)C. The molecule has 2 atom stereocenters. The maximum Gasteiger partial charge on any atom is 0.328 e. The van der Waals surface area contributed by atoms with Crippen LogP contribution in [0.4, 0.5) is 0 Å². The van der Waals surface area contributed by atoms with E-state index in [1.165, 1.54) is 12.7 Å². The number of fused-ring (bicyclic) bond motifs is 1. The lowest BCUT2D eigenvalue weighted by molar-refractivity contribution is -0.145. The second-order valence-electron chi connectivity index (χ2n) is 12.6. The lowest BCUT2D eigenvalue weighted by atomic mass is 9.86. The summed E-state index contributed by atoms with van der Waals surface area (Å²) in [6.45, 7) is 14.3. The smallest absolute Gasteiger partial charge is 0.328 e. The Labute approximate surface area is 243 Å². The van der Waals surface area contributed by atoms with Crippen LogP contribution in [0.1, 0.15) is 81.7 Å². The molecule has 0 fully saturated rings. The fourth-order valence-electron chi connectivity index (χ4n) is 4.77. The van der Waals surface area contributed by atoms with E-state index in [4.69, 9.17) is 14.5 Å². The summed E-state index contributed by atoms with van der Waals surface area (Å²) in [7, 11) is 1.32. The molecule has 1 N–H and O–H groups in total. The topological polar surface area (TPSA) is 77.5 Å². The van der Waals surface area contributed by atoms with Gasteiger partial charge >= 0.3 is 5.97 Å². The summed E-state index contributed by atoms with van der Waals surface area (Å²) >= 11 is 0. The molecular weight excluding hydrogens is 512 g/mol. The minimum absolute atomic E-state index is 0.0589. The molecule has 1 amide bonds. The van der Waals surface area contributed by atoms with E-state index in [0.717, 1.165) is 27.8 Å². The summed E-state index contributed by atoms with van der Waals surface area (Å²) in [4.78, 5) is 30.8. The Morgan fingerprint density at radius 1 is 0.829 bits per heavy atom. The van der Waals surface area contributed by atoms with Crippen LogP contribution in [-0.2, 0) is 14.9 Å². The fraction of sp³-hybridized carbons (Fsp3) is 0.343. The summed E-state index contributed by atoms with van der Waals surface area (Å²) < 4.78 is 11.2. The number of ether oxygens (including phenoxy) is 2. The van der Waals surface area contributed by atoms with Crippen molar-refractivity contribution in [2.24, 2.45) is 5.41 Å². The Morgan fingerprint density at radius 2 is 1.46 bits per heavy atom. The third-order valence-electron chi connectivity index (χ3n) is 7.31. The van der Waals surface area contributed by atoms with Crippen LogP contribution in [0.25, 0.3) is 10.8 Å². The number of nitrogens with zero attached hydrogens (tertiary/aromatic N) is 1. The molecule has 214 valence electrons. The molecule has 1 heterocycles. The Hall–Kier alpha value is -4.19. The zero-order chi connectivity index (χ0) is 29.9. The van der Waals surface area contributed by atoms with Crippen molar-refractivity contribution in [2.75, 3.05) is 7.11 Å². The predicted molar refractivity (Wildman–Crippen MR) is 164 cm³/mol. The van der Waals surface area contributed by atoms with Crippen molar-refractivity contribution >= 4 is 22.6 Å². The summed E-state index contributed by atoms with van der Waals surface area (Å²) in [5.74, 6) is 0.390. The maximum absolute atomic E-state index is 13.5. The monoisotopic (exact) mass is 552 g/mol.